The monoisotopic (exact) mass is 310 g/mol. The molecule has 0 saturated heterocycles. The molecule has 1 aromatic heterocycles. The molecular formula is C12H15BrN4O. The lowest BCUT2D eigenvalue weighted by atomic mass is 10.3. The number of fused-ring (bicyclic) bond motifs is 1. The summed E-state index contributed by atoms with van der Waals surface area (Å²) >= 11 is 3.40. The van der Waals surface area contributed by atoms with E-state index in [2.05, 4.69) is 26.2 Å². The molecule has 0 aliphatic rings. The third-order valence-electron chi connectivity index (χ3n) is 2.49. The van der Waals surface area contributed by atoms with Crippen LogP contribution in [0.3, 0.4) is 0 Å². The summed E-state index contributed by atoms with van der Waals surface area (Å²) in [6.45, 7) is 4.02. The van der Waals surface area contributed by atoms with Crippen LogP contribution in [0.5, 0.6) is 0 Å². The molecule has 1 aromatic carbocycles. The predicted molar refractivity (Wildman–Crippen MR) is 75.1 cm³/mol. The van der Waals surface area contributed by atoms with Crippen LogP contribution in [0.2, 0.25) is 0 Å². The number of nitrogens with zero attached hydrogens (tertiary/aromatic N) is 2. The van der Waals surface area contributed by atoms with E-state index in [1.807, 2.05) is 32.0 Å². The third-order valence-corrected chi connectivity index (χ3v) is 2.98. The summed E-state index contributed by atoms with van der Waals surface area (Å²) in [5.74, 6) is 0.276. The van der Waals surface area contributed by atoms with Crippen molar-refractivity contribution in [2.24, 2.45) is 0 Å². The maximum Gasteiger partial charge on any atom is 0.240 e. The van der Waals surface area contributed by atoms with Gasteiger partial charge in [-0.1, -0.05) is 15.9 Å². The average Bonchev–Trinajstić information content (AvgIpc) is 2.55. The zero-order valence-electron chi connectivity index (χ0n) is 10.3. The fourth-order valence-electron chi connectivity index (χ4n) is 1.79. The number of hydrogen-bond acceptors (Lipinski definition) is 3. The van der Waals surface area contributed by atoms with E-state index in [0.717, 1.165) is 15.5 Å². The van der Waals surface area contributed by atoms with Gasteiger partial charge in [0.05, 0.1) is 11.0 Å². The lowest BCUT2D eigenvalue weighted by molar-refractivity contribution is -0.122. The first-order valence-electron chi connectivity index (χ1n) is 5.68. The van der Waals surface area contributed by atoms with Gasteiger partial charge in [0, 0.05) is 10.5 Å². The normalized spacial score (nSPS) is 11.1. The summed E-state index contributed by atoms with van der Waals surface area (Å²) in [7, 11) is 0. The van der Waals surface area contributed by atoms with Crippen LogP contribution in [0.1, 0.15) is 13.8 Å². The molecule has 6 heteroatoms. The third kappa shape index (κ3) is 2.64. The molecular weight excluding hydrogens is 296 g/mol. The summed E-state index contributed by atoms with van der Waals surface area (Å²) in [5, 5.41) is 2.83. The largest absolute Gasteiger partial charge is 0.369 e. The standard InChI is InChI=1S/C12H15BrN4O/c1-7(2)15-11(18)6-17-10-5-8(13)3-4-9(10)16-12(17)14/h3-5,7H,6H2,1-2H3,(H2,14,16)(H,15,18). The zero-order valence-corrected chi connectivity index (χ0v) is 11.9. The molecule has 0 bridgehead atoms. The quantitative estimate of drug-likeness (QED) is 0.909. The molecule has 2 aromatic rings. The Morgan fingerprint density at radius 2 is 2.28 bits per heavy atom. The van der Waals surface area contributed by atoms with Crippen LogP contribution in [0.4, 0.5) is 5.95 Å². The number of nitrogens with one attached hydrogen (secondary N) is 1. The zero-order chi connectivity index (χ0) is 13.3. The molecule has 0 aliphatic carbocycles. The van der Waals surface area contributed by atoms with Crippen molar-refractivity contribution in [3.05, 3.63) is 22.7 Å². The number of halogens is 1. The molecule has 3 N–H and O–H groups in total. The second-order valence-electron chi connectivity index (χ2n) is 4.41. The average molecular weight is 311 g/mol. The number of nitrogens with two attached hydrogens (primary N) is 1. The number of hydrogen-bond donors (Lipinski definition) is 2. The van der Waals surface area contributed by atoms with Crippen LogP contribution in [-0.4, -0.2) is 21.5 Å². The predicted octanol–water partition coefficient (Wildman–Crippen LogP) is 1.91. The molecule has 5 nitrogen and oxygen atoms in total. The van der Waals surface area contributed by atoms with Gasteiger partial charge in [0.25, 0.3) is 0 Å². The van der Waals surface area contributed by atoms with E-state index < -0.39 is 0 Å². The Balaban J connectivity index is 2.35. The van der Waals surface area contributed by atoms with E-state index in [1.165, 1.54) is 0 Å². The fraction of sp³-hybridized carbons (Fsp3) is 0.333. The van der Waals surface area contributed by atoms with E-state index in [1.54, 1.807) is 4.57 Å². The number of carbonyl (C=O) groups is 1. The molecule has 0 spiro atoms. The molecule has 0 fully saturated rings. The Morgan fingerprint density at radius 1 is 1.56 bits per heavy atom. The minimum Gasteiger partial charge on any atom is -0.369 e. The second-order valence-corrected chi connectivity index (χ2v) is 5.33. The van der Waals surface area contributed by atoms with Crippen molar-refractivity contribution in [3.63, 3.8) is 0 Å². The van der Waals surface area contributed by atoms with Crippen LogP contribution in [0.15, 0.2) is 22.7 Å². The van der Waals surface area contributed by atoms with E-state index in [0.29, 0.717) is 5.95 Å². The van der Waals surface area contributed by atoms with E-state index in [9.17, 15) is 4.79 Å². The highest BCUT2D eigenvalue weighted by molar-refractivity contribution is 9.10. The van der Waals surface area contributed by atoms with Gasteiger partial charge in [0.1, 0.15) is 6.54 Å². The minimum atomic E-state index is -0.0732. The number of imidazole rings is 1. The van der Waals surface area contributed by atoms with Gasteiger partial charge in [-0.05, 0) is 32.0 Å². The van der Waals surface area contributed by atoms with Crippen LogP contribution < -0.4 is 11.1 Å². The maximum absolute atomic E-state index is 11.8. The lowest BCUT2D eigenvalue weighted by Crippen LogP contribution is -2.33. The van der Waals surface area contributed by atoms with Crippen molar-refractivity contribution in [1.82, 2.24) is 14.9 Å². The van der Waals surface area contributed by atoms with E-state index in [4.69, 9.17) is 5.73 Å². The number of amides is 1. The van der Waals surface area contributed by atoms with Crippen molar-refractivity contribution < 1.29 is 4.79 Å². The highest BCUT2D eigenvalue weighted by Gasteiger charge is 2.12. The first kappa shape index (κ1) is 12.9. The summed E-state index contributed by atoms with van der Waals surface area (Å²) in [6, 6.07) is 5.78. The Morgan fingerprint density at radius 3 is 2.94 bits per heavy atom. The molecule has 0 saturated carbocycles. The molecule has 1 amide bonds. The van der Waals surface area contributed by atoms with Crippen molar-refractivity contribution >= 4 is 38.8 Å². The first-order chi connectivity index (χ1) is 8.47. The number of nitrogen functional groups attached to an aromatic ring is 1. The first-order valence-corrected chi connectivity index (χ1v) is 6.47. The molecule has 1 heterocycles. The Hall–Kier alpha value is -1.56. The summed E-state index contributed by atoms with van der Waals surface area (Å²) in [5.41, 5.74) is 7.47. The smallest absolute Gasteiger partial charge is 0.240 e. The van der Waals surface area contributed by atoms with Gasteiger partial charge in [-0.3, -0.25) is 4.79 Å². The van der Waals surface area contributed by atoms with Crippen molar-refractivity contribution in [3.8, 4) is 0 Å². The number of carbonyl (C=O) groups excluding carboxylic acids is 1. The molecule has 0 aliphatic heterocycles. The summed E-state index contributed by atoms with van der Waals surface area (Å²) in [4.78, 5) is 16.0. The minimum absolute atomic E-state index is 0.0732. The second kappa shape index (κ2) is 4.97. The number of anilines is 1. The fourth-order valence-corrected chi connectivity index (χ4v) is 2.14. The molecule has 96 valence electrons. The van der Waals surface area contributed by atoms with Gasteiger partial charge in [-0.25, -0.2) is 4.98 Å². The highest BCUT2D eigenvalue weighted by Crippen LogP contribution is 2.21. The maximum atomic E-state index is 11.8. The Labute approximate surface area is 113 Å². The highest BCUT2D eigenvalue weighted by atomic mass is 79.9. The summed E-state index contributed by atoms with van der Waals surface area (Å²) in [6.07, 6.45) is 0. The van der Waals surface area contributed by atoms with Crippen LogP contribution in [-0.2, 0) is 11.3 Å². The van der Waals surface area contributed by atoms with Gasteiger partial charge < -0.3 is 15.6 Å². The van der Waals surface area contributed by atoms with Crippen molar-refractivity contribution in [1.29, 1.82) is 0 Å². The topological polar surface area (TPSA) is 72.9 Å². The number of benzene rings is 1. The molecule has 0 unspecified atom stereocenters. The Bertz CT molecular complexity index is 591. The van der Waals surface area contributed by atoms with Crippen LogP contribution in [0.25, 0.3) is 11.0 Å². The Kier molecular flexibility index (Phi) is 3.56. The summed E-state index contributed by atoms with van der Waals surface area (Å²) < 4.78 is 2.64. The van der Waals surface area contributed by atoms with Crippen LogP contribution >= 0.6 is 15.9 Å². The molecule has 0 atom stereocenters. The number of rotatable bonds is 3. The van der Waals surface area contributed by atoms with Gasteiger partial charge >= 0.3 is 0 Å². The van der Waals surface area contributed by atoms with Crippen molar-refractivity contribution in [2.75, 3.05) is 5.73 Å². The van der Waals surface area contributed by atoms with E-state index >= 15 is 0 Å². The molecule has 2 rings (SSSR count). The lowest BCUT2D eigenvalue weighted by Gasteiger charge is -2.10. The van der Waals surface area contributed by atoms with Crippen molar-refractivity contribution in [2.45, 2.75) is 26.4 Å². The van der Waals surface area contributed by atoms with E-state index in [-0.39, 0.29) is 18.5 Å². The molecule has 18 heavy (non-hydrogen) atoms. The van der Waals surface area contributed by atoms with Gasteiger partial charge in [-0.15, -0.1) is 0 Å². The SMILES string of the molecule is CC(C)NC(=O)Cn1c(N)nc2ccc(Br)cc21. The number of aromatic nitrogens is 2. The molecule has 0 radical (unpaired) electrons. The van der Waals surface area contributed by atoms with Gasteiger partial charge in [0.2, 0.25) is 11.9 Å². The van der Waals surface area contributed by atoms with Crippen LogP contribution in [0, 0.1) is 0 Å². The van der Waals surface area contributed by atoms with Gasteiger partial charge in [-0.2, -0.15) is 0 Å². The van der Waals surface area contributed by atoms with Gasteiger partial charge in [0.15, 0.2) is 0 Å².